The highest BCUT2D eigenvalue weighted by molar-refractivity contribution is 5.79. The van der Waals surface area contributed by atoms with E-state index in [-0.39, 0.29) is 5.69 Å². The summed E-state index contributed by atoms with van der Waals surface area (Å²) in [4.78, 5) is 3.90. The Morgan fingerprint density at radius 3 is 2.82 bits per heavy atom. The molecule has 3 nitrogen and oxygen atoms in total. The highest BCUT2D eigenvalue weighted by Crippen LogP contribution is 2.14. The van der Waals surface area contributed by atoms with E-state index in [2.05, 4.69) is 15.5 Å². The van der Waals surface area contributed by atoms with Gasteiger partial charge in [0, 0.05) is 24.0 Å². The molecule has 5 heteroatoms. The second kappa shape index (κ2) is 5.16. The van der Waals surface area contributed by atoms with E-state index in [0.29, 0.717) is 0 Å². The summed E-state index contributed by atoms with van der Waals surface area (Å²) in [6.07, 6.45) is 4.76. The molecule has 0 amide bonds. The van der Waals surface area contributed by atoms with Gasteiger partial charge >= 0.3 is 0 Å². The maximum atomic E-state index is 13.2. The van der Waals surface area contributed by atoms with Crippen molar-refractivity contribution in [3.8, 4) is 0 Å². The van der Waals surface area contributed by atoms with Crippen LogP contribution in [0.25, 0.3) is 0 Å². The van der Waals surface area contributed by atoms with Gasteiger partial charge in [0.2, 0.25) is 0 Å². The summed E-state index contributed by atoms with van der Waals surface area (Å²) in [5.74, 6) is -1.31. The maximum absolute atomic E-state index is 13.2. The molecule has 0 atom stereocenters. The number of hydrazone groups is 1. The van der Waals surface area contributed by atoms with Crippen molar-refractivity contribution in [2.75, 3.05) is 5.43 Å². The standard InChI is InChI=1S/C12H9F2N3/c13-10-3-4-12(11(14)6-10)17-16-8-9-2-1-5-15-7-9/h1-8,17H. The van der Waals surface area contributed by atoms with Crippen LogP contribution in [0.3, 0.4) is 0 Å². The zero-order valence-corrected chi connectivity index (χ0v) is 8.77. The van der Waals surface area contributed by atoms with Crippen LogP contribution < -0.4 is 5.43 Å². The Hall–Kier alpha value is -2.30. The molecule has 1 aromatic heterocycles. The predicted octanol–water partition coefficient (Wildman–Crippen LogP) is 2.81. The molecule has 0 bridgehead atoms. The van der Waals surface area contributed by atoms with Crippen molar-refractivity contribution in [2.24, 2.45) is 5.10 Å². The highest BCUT2D eigenvalue weighted by atomic mass is 19.1. The predicted molar refractivity (Wildman–Crippen MR) is 61.8 cm³/mol. The Morgan fingerprint density at radius 1 is 1.24 bits per heavy atom. The van der Waals surface area contributed by atoms with Gasteiger partial charge in [-0.3, -0.25) is 10.4 Å². The van der Waals surface area contributed by atoms with E-state index in [0.717, 1.165) is 17.7 Å². The molecule has 0 spiro atoms. The number of rotatable bonds is 3. The first-order valence-electron chi connectivity index (χ1n) is 4.90. The summed E-state index contributed by atoms with van der Waals surface area (Å²) >= 11 is 0. The lowest BCUT2D eigenvalue weighted by Gasteiger charge is -2.01. The van der Waals surface area contributed by atoms with Crippen LogP contribution in [0.4, 0.5) is 14.5 Å². The highest BCUT2D eigenvalue weighted by Gasteiger charge is 2.01. The number of aromatic nitrogens is 1. The van der Waals surface area contributed by atoms with E-state index in [4.69, 9.17) is 0 Å². The summed E-state index contributed by atoms with van der Waals surface area (Å²) in [6, 6.07) is 6.80. The second-order valence-corrected chi connectivity index (χ2v) is 3.28. The molecular formula is C12H9F2N3. The zero-order valence-electron chi connectivity index (χ0n) is 8.77. The first kappa shape index (κ1) is 11.2. The smallest absolute Gasteiger partial charge is 0.151 e. The van der Waals surface area contributed by atoms with Crippen LogP contribution >= 0.6 is 0 Å². The molecule has 1 heterocycles. The van der Waals surface area contributed by atoms with Crippen molar-refractivity contribution in [3.63, 3.8) is 0 Å². The van der Waals surface area contributed by atoms with Crippen LogP contribution in [0.15, 0.2) is 47.8 Å². The Balaban J connectivity index is 2.05. The van der Waals surface area contributed by atoms with Gasteiger partial charge in [-0.1, -0.05) is 6.07 Å². The number of nitrogens with one attached hydrogen (secondary N) is 1. The normalized spacial score (nSPS) is 10.7. The van der Waals surface area contributed by atoms with Crippen molar-refractivity contribution in [2.45, 2.75) is 0 Å². The summed E-state index contributed by atoms with van der Waals surface area (Å²) in [6.45, 7) is 0. The minimum absolute atomic E-state index is 0.117. The van der Waals surface area contributed by atoms with Crippen molar-refractivity contribution < 1.29 is 8.78 Å². The number of benzene rings is 1. The van der Waals surface area contributed by atoms with E-state index in [9.17, 15) is 8.78 Å². The van der Waals surface area contributed by atoms with Crippen LogP contribution in [0.2, 0.25) is 0 Å². The lowest BCUT2D eigenvalue weighted by atomic mass is 10.3. The minimum Gasteiger partial charge on any atom is -0.276 e. The number of anilines is 1. The monoisotopic (exact) mass is 233 g/mol. The minimum atomic E-state index is -0.687. The lowest BCUT2D eigenvalue weighted by molar-refractivity contribution is 0.585. The number of nitrogens with zero attached hydrogens (tertiary/aromatic N) is 2. The Morgan fingerprint density at radius 2 is 2.12 bits per heavy atom. The molecule has 17 heavy (non-hydrogen) atoms. The SMILES string of the molecule is Fc1ccc(NN=Cc2cccnc2)c(F)c1. The van der Waals surface area contributed by atoms with Crippen LogP contribution in [0, 0.1) is 11.6 Å². The molecule has 0 aliphatic rings. The van der Waals surface area contributed by atoms with Gasteiger partial charge in [0.05, 0.1) is 11.9 Å². The molecule has 1 N–H and O–H groups in total. The third-order valence-electron chi connectivity index (χ3n) is 2.01. The van der Waals surface area contributed by atoms with Crippen molar-refractivity contribution in [1.29, 1.82) is 0 Å². The number of halogens is 2. The van der Waals surface area contributed by atoms with E-state index in [1.54, 1.807) is 24.5 Å². The fourth-order valence-electron chi connectivity index (χ4n) is 1.21. The Labute approximate surface area is 96.8 Å². The van der Waals surface area contributed by atoms with E-state index >= 15 is 0 Å². The maximum Gasteiger partial charge on any atom is 0.151 e. The summed E-state index contributed by atoms with van der Waals surface area (Å²) in [7, 11) is 0. The molecule has 0 aliphatic carbocycles. The molecule has 1 aromatic carbocycles. The van der Waals surface area contributed by atoms with Gasteiger partial charge in [-0.25, -0.2) is 8.78 Å². The van der Waals surface area contributed by atoms with Crippen molar-refractivity contribution in [1.82, 2.24) is 4.98 Å². The van der Waals surface area contributed by atoms with Crippen LogP contribution in [-0.4, -0.2) is 11.2 Å². The average molecular weight is 233 g/mol. The summed E-state index contributed by atoms with van der Waals surface area (Å²) < 4.78 is 25.8. The molecule has 0 aliphatic heterocycles. The van der Waals surface area contributed by atoms with Gasteiger partial charge in [0.25, 0.3) is 0 Å². The van der Waals surface area contributed by atoms with E-state index in [1.165, 1.54) is 12.3 Å². The largest absolute Gasteiger partial charge is 0.276 e. The number of hydrogen-bond donors (Lipinski definition) is 1. The van der Waals surface area contributed by atoms with Gasteiger partial charge in [-0.2, -0.15) is 5.10 Å². The Kier molecular flexibility index (Phi) is 3.40. The van der Waals surface area contributed by atoms with Crippen LogP contribution in [0.5, 0.6) is 0 Å². The molecular weight excluding hydrogens is 224 g/mol. The topological polar surface area (TPSA) is 37.3 Å². The van der Waals surface area contributed by atoms with E-state index < -0.39 is 11.6 Å². The fraction of sp³-hybridized carbons (Fsp3) is 0. The molecule has 0 saturated carbocycles. The van der Waals surface area contributed by atoms with Crippen molar-refractivity contribution in [3.05, 3.63) is 59.9 Å². The van der Waals surface area contributed by atoms with E-state index in [1.807, 2.05) is 0 Å². The van der Waals surface area contributed by atoms with Gasteiger partial charge < -0.3 is 0 Å². The summed E-state index contributed by atoms with van der Waals surface area (Å²) in [5, 5.41) is 3.82. The first-order chi connectivity index (χ1) is 8.25. The molecule has 0 radical (unpaired) electrons. The Bertz CT molecular complexity index is 527. The zero-order chi connectivity index (χ0) is 12.1. The van der Waals surface area contributed by atoms with Crippen LogP contribution in [-0.2, 0) is 0 Å². The second-order valence-electron chi connectivity index (χ2n) is 3.28. The molecule has 2 aromatic rings. The fourth-order valence-corrected chi connectivity index (χ4v) is 1.21. The van der Waals surface area contributed by atoms with Crippen molar-refractivity contribution >= 4 is 11.9 Å². The van der Waals surface area contributed by atoms with Crippen LogP contribution in [0.1, 0.15) is 5.56 Å². The quantitative estimate of drug-likeness (QED) is 0.653. The number of pyridine rings is 1. The lowest BCUT2D eigenvalue weighted by Crippen LogP contribution is -1.94. The molecule has 86 valence electrons. The molecule has 2 rings (SSSR count). The average Bonchev–Trinajstić information content (AvgIpc) is 2.33. The molecule has 0 unspecified atom stereocenters. The molecule has 0 fully saturated rings. The molecule has 0 saturated heterocycles. The summed E-state index contributed by atoms with van der Waals surface area (Å²) in [5.41, 5.74) is 3.39. The first-order valence-corrected chi connectivity index (χ1v) is 4.90. The number of hydrogen-bond acceptors (Lipinski definition) is 3. The van der Waals surface area contributed by atoms with Gasteiger partial charge in [-0.15, -0.1) is 0 Å². The third kappa shape index (κ3) is 3.07. The van der Waals surface area contributed by atoms with Gasteiger partial charge in [0.15, 0.2) is 5.82 Å². The van der Waals surface area contributed by atoms with Gasteiger partial charge in [0.1, 0.15) is 5.82 Å². The van der Waals surface area contributed by atoms with Gasteiger partial charge in [-0.05, 0) is 18.2 Å². The third-order valence-corrected chi connectivity index (χ3v) is 2.01.